The Bertz CT molecular complexity index is 341. The molecule has 0 radical (unpaired) electrons. The van der Waals surface area contributed by atoms with Crippen LogP contribution in [0, 0.1) is 11.3 Å². The fourth-order valence-corrected chi connectivity index (χ4v) is 0.909. The molecule has 3 heteroatoms. The highest BCUT2D eigenvalue weighted by molar-refractivity contribution is 6.25. The monoisotopic (exact) mass is 193 g/mol. The molecule has 0 fully saturated rings. The van der Waals surface area contributed by atoms with Crippen molar-refractivity contribution in [3.05, 3.63) is 41.4 Å². The van der Waals surface area contributed by atoms with Crippen LogP contribution >= 0.6 is 11.6 Å². The van der Waals surface area contributed by atoms with Crippen molar-refractivity contribution in [1.29, 1.82) is 5.26 Å². The Morgan fingerprint density at radius 1 is 1.54 bits per heavy atom. The molecule has 2 nitrogen and oxygen atoms in total. The predicted octanol–water partition coefficient (Wildman–Crippen LogP) is 2.69. The van der Waals surface area contributed by atoms with Gasteiger partial charge in [0.1, 0.15) is 12.4 Å². The Kier molecular flexibility index (Phi) is 3.87. The van der Waals surface area contributed by atoms with Crippen LogP contribution in [0.1, 0.15) is 5.56 Å². The van der Waals surface area contributed by atoms with Gasteiger partial charge in [0.15, 0.2) is 0 Å². The number of rotatable bonds is 3. The standard InChI is InChI=1S/C10H8ClNO/c11-5-2-6-13-10-4-1-3-9(7-10)8-12/h1-5,7H,6H2/b5-2+. The van der Waals surface area contributed by atoms with E-state index in [9.17, 15) is 0 Å². The number of benzene rings is 1. The van der Waals surface area contributed by atoms with E-state index in [1.54, 1.807) is 30.3 Å². The van der Waals surface area contributed by atoms with Crippen LogP contribution < -0.4 is 4.74 Å². The summed E-state index contributed by atoms with van der Waals surface area (Å²) in [6, 6.07) is 9.01. The van der Waals surface area contributed by atoms with Gasteiger partial charge in [0, 0.05) is 5.54 Å². The average Bonchev–Trinajstić information content (AvgIpc) is 2.19. The number of nitriles is 1. The Hall–Kier alpha value is -1.46. The maximum atomic E-state index is 8.59. The van der Waals surface area contributed by atoms with E-state index in [1.807, 2.05) is 6.07 Å². The van der Waals surface area contributed by atoms with Crippen molar-refractivity contribution >= 4 is 11.6 Å². The lowest BCUT2D eigenvalue weighted by Crippen LogP contribution is -1.92. The minimum Gasteiger partial charge on any atom is -0.489 e. The summed E-state index contributed by atoms with van der Waals surface area (Å²) >= 11 is 5.31. The van der Waals surface area contributed by atoms with Crippen molar-refractivity contribution in [2.75, 3.05) is 6.61 Å². The fourth-order valence-electron chi connectivity index (χ4n) is 0.836. The molecule has 0 aliphatic rings. The Morgan fingerprint density at radius 2 is 2.38 bits per heavy atom. The molecule has 0 saturated carbocycles. The summed E-state index contributed by atoms with van der Waals surface area (Å²) in [4.78, 5) is 0. The number of halogens is 1. The number of hydrogen-bond donors (Lipinski definition) is 0. The SMILES string of the molecule is N#Cc1cccc(OC/C=C/Cl)c1. The van der Waals surface area contributed by atoms with E-state index in [4.69, 9.17) is 21.6 Å². The first kappa shape index (κ1) is 9.63. The van der Waals surface area contributed by atoms with Gasteiger partial charge in [-0.15, -0.1) is 0 Å². The van der Waals surface area contributed by atoms with Gasteiger partial charge in [-0.2, -0.15) is 5.26 Å². The van der Waals surface area contributed by atoms with Crippen LogP contribution in [-0.4, -0.2) is 6.61 Å². The van der Waals surface area contributed by atoms with E-state index in [0.29, 0.717) is 17.9 Å². The Balaban J connectivity index is 2.62. The molecule has 0 aliphatic carbocycles. The lowest BCUT2D eigenvalue weighted by atomic mass is 10.2. The molecule has 1 aromatic rings. The summed E-state index contributed by atoms with van der Waals surface area (Å²) in [5.74, 6) is 0.675. The van der Waals surface area contributed by atoms with Crippen LogP contribution in [0.15, 0.2) is 35.9 Å². The van der Waals surface area contributed by atoms with Crippen LogP contribution in [0.4, 0.5) is 0 Å². The topological polar surface area (TPSA) is 33.0 Å². The van der Waals surface area contributed by atoms with E-state index in [1.165, 1.54) is 5.54 Å². The molecule has 0 saturated heterocycles. The van der Waals surface area contributed by atoms with Gasteiger partial charge in [0.05, 0.1) is 11.6 Å². The third-order valence-electron chi connectivity index (χ3n) is 1.40. The first-order chi connectivity index (χ1) is 6.36. The van der Waals surface area contributed by atoms with Crippen molar-refractivity contribution < 1.29 is 4.74 Å². The number of ether oxygens (including phenoxy) is 1. The van der Waals surface area contributed by atoms with Crippen molar-refractivity contribution in [1.82, 2.24) is 0 Å². The predicted molar refractivity (Wildman–Crippen MR) is 51.6 cm³/mol. The van der Waals surface area contributed by atoms with E-state index >= 15 is 0 Å². The van der Waals surface area contributed by atoms with Gasteiger partial charge >= 0.3 is 0 Å². The van der Waals surface area contributed by atoms with E-state index in [-0.39, 0.29) is 0 Å². The summed E-state index contributed by atoms with van der Waals surface area (Å²) < 4.78 is 5.27. The molecule has 0 bridgehead atoms. The maximum Gasteiger partial charge on any atom is 0.121 e. The smallest absolute Gasteiger partial charge is 0.121 e. The lowest BCUT2D eigenvalue weighted by molar-refractivity contribution is 0.363. The fraction of sp³-hybridized carbons (Fsp3) is 0.100. The van der Waals surface area contributed by atoms with Gasteiger partial charge in [-0.1, -0.05) is 17.7 Å². The van der Waals surface area contributed by atoms with Crippen LogP contribution in [-0.2, 0) is 0 Å². The zero-order valence-corrected chi connectivity index (χ0v) is 7.66. The first-order valence-corrected chi connectivity index (χ1v) is 4.18. The molecule has 0 unspecified atom stereocenters. The van der Waals surface area contributed by atoms with Crippen LogP contribution in [0.2, 0.25) is 0 Å². The van der Waals surface area contributed by atoms with Crippen LogP contribution in [0.25, 0.3) is 0 Å². The molecule has 66 valence electrons. The molecular formula is C10H8ClNO. The largest absolute Gasteiger partial charge is 0.489 e. The van der Waals surface area contributed by atoms with E-state index in [0.717, 1.165) is 0 Å². The molecule has 0 aliphatic heterocycles. The summed E-state index contributed by atoms with van der Waals surface area (Å²) in [6.07, 6.45) is 1.68. The number of nitrogens with zero attached hydrogens (tertiary/aromatic N) is 1. The average molecular weight is 194 g/mol. The summed E-state index contributed by atoms with van der Waals surface area (Å²) in [7, 11) is 0. The summed E-state index contributed by atoms with van der Waals surface area (Å²) in [5, 5.41) is 8.59. The zero-order chi connectivity index (χ0) is 9.52. The van der Waals surface area contributed by atoms with Gasteiger partial charge < -0.3 is 4.74 Å². The minimum absolute atomic E-state index is 0.415. The molecule has 0 aromatic heterocycles. The van der Waals surface area contributed by atoms with Crippen molar-refractivity contribution in [3.8, 4) is 11.8 Å². The molecule has 0 spiro atoms. The summed E-state index contributed by atoms with van der Waals surface area (Å²) in [6.45, 7) is 0.415. The van der Waals surface area contributed by atoms with Crippen molar-refractivity contribution in [2.24, 2.45) is 0 Å². The molecule has 1 aromatic carbocycles. The Labute approximate surface area is 82.0 Å². The third-order valence-corrected chi connectivity index (χ3v) is 1.58. The Morgan fingerprint density at radius 3 is 3.08 bits per heavy atom. The van der Waals surface area contributed by atoms with Crippen molar-refractivity contribution in [2.45, 2.75) is 0 Å². The quantitative estimate of drug-likeness (QED) is 0.740. The van der Waals surface area contributed by atoms with Gasteiger partial charge in [-0.3, -0.25) is 0 Å². The highest BCUT2D eigenvalue weighted by atomic mass is 35.5. The van der Waals surface area contributed by atoms with E-state index < -0.39 is 0 Å². The van der Waals surface area contributed by atoms with Gasteiger partial charge in [-0.25, -0.2) is 0 Å². The van der Waals surface area contributed by atoms with Crippen LogP contribution in [0.3, 0.4) is 0 Å². The number of hydrogen-bond acceptors (Lipinski definition) is 2. The molecule has 0 heterocycles. The molecule has 1 rings (SSSR count). The molecule has 0 atom stereocenters. The zero-order valence-electron chi connectivity index (χ0n) is 6.90. The molecular weight excluding hydrogens is 186 g/mol. The first-order valence-electron chi connectivity index (χ1n) is 3.75. The highest BCUT2D eigenvalue weighted by Gasteiger charge is 1.93. The highest BCUT2D eigenvalue weighted by Crippen LogP contribution is 2.12. The molecule has 0 N–H and O–H groups in total. The third kappa shape index (κ3) is 3.18. The molecule has 0 amide bonds. The van der Waals surface area contributed by atoms with E-state index in [2.05, 4.69) is 0 Å². The van der Waals surface area contributed by atoms with Gasteiger partial charge in [0.25, 0.3) is 0 Å². The summed E-state index contributed by atoms with van der Waals surface area (Å²) in [5.41, 5.74) is 1.99. The molecule has 13 heavy (non-hydrogen) atoms. The lowest BCUT2D eigenvalue weighted by Gasteiger charge is -2.01. The maximum absolute atomic E-state index is 8.59. The van der Waals surface area contributed by atoms with Crippen molar-refractivity contribution in [3.63, 3.8) is 0 Å². The minimum atomic E-state index is 0.415. The second-order valence-corrected chi connectivity index (χ2v) is 2.56. The van der Waals surface area contributed by atoms with Crippen LogP contribution in [0.5, 0.6) is 5.75 Å². The van der Waals surface area contributed by atoms with Gasteiger partial charge in [0.2, 0.25) is 0 Å². The second kappa shape index (κ2) is 5.23. The normalized spacial score (nSPS) is 9.85. The van der Waals surface area contributed by atoms with Gasteiger partial charge in [-0.05, 0) is 24.3 Å². The second-order valence-electron chi connectivity index (χ2n) is 2.31.